The van der Waals surface area contributed by atoms with Crippen LogP contribution in [0, 0.1) is 0 Å². The van der Waals surface area contributed by atoms with Crippen LogP contribution in [-0.4, -0.2) is 47.4 Å². The minimum absolute atomic E-state index is 0.00988. The summed E-state index contributed by atoms with van der Waals surface area (Å²) in [6.45, 7) is 4.92. The van der Waals surface area contributed by atoms with Crippen molar-refractivity contribution in [3.05, 3.63) is 24.3 Å². The van der Waals surface area contributed by atoms with Crippen LogP contribution in [0.3, 0.4) is 0 Å². The molecule has 0 heterocycles. The second-order valence-electron chi connectivity index (χ2n) is 18.6. The minimum Gasteiger partial charge on any atom is -0.466 e. The van der Waals surface area contributed by atoms with E-state index >= 15 is 0 Å². The fourth-order valence-corrected chi connectivity index (χ4v) is 8.28. The van der Waals surface area contributed by atoms with Crippen LogP contribution in [0.4, 0.5) is 0 Å². The minimum atomic E-state index is -0.671. The third-order valence-electron chi connectivity index (χ3n) is 12.5. The number of amides is 1. The number of allylic oxidation sites excluding steroid dienone is 4. The van der Waals surface area contributed by atoms with Crippen molar-refractivity contribution >= 4 is 11.9 Å². The Bertz CT molecular complexity index is 951. The summed E-state index contributed by atoms with van der Waals surface area (Å²) in [5.74, 6) is -0.0576. The van der Waals surface area contributed by atoms with Gasteiger partial charge in [-0.15, -0.1) is 0 Å². The molecule has 0 aliphatic rings. The Morgan fingerprint density at radius 2 is 0.770 bits per heavy atom. The first-order valence-electron chi connectivity index (χ1n) is 27.1. The molecule has 3 N–H and O–H groups in total. The molecule has 360 valence electrons. The Labute approximate surface area is 380 Å². The van der Waals surface area contributed by atoms with Crippen molar-refractivity contribution in [3.63, 3.8) is 0 Å². The fourth-order valence-electron chi connectivity index (χ4n) is 8.28. The Morgan fingerprint density at radius 3 is 1.16 bits per heavy atom. The molecule has 0 aromatic heterocycles. The number of carbonyl (C=O) groups is 2. The lowest BCUT2D eigenvalue weighted by atomic mass is 10.0. The Hall–Kier alpha value is -1.66. The lowest BCUT2D eigenvalue weighted by molar-refractivity contribution is -0.143. The van der Waals surface area contributed by atoms with Gasteiger partial charge in [-0.2, -0.15) is 0 Å². The third kappa shape index (κ3) is 47.7. The average molecular weight is 860 g/mol. The lowest BCUT2D eigenvalue weighted by Crippen LogP contribution is -2.45. The van der Waals surface area contributed by atoms with Crippen molar-refractivity contribution < 1.29 is 24.5 Å². The van der Waals surface area contributed by atoms with Crippen LogP contribution >= 0.6 is 0 Å². The highest BCUT2D eigenvalue weighted by molar-refractivity contribution is 5.76. The second-order valence-corrected chi connectivity index (χ2v) is 18.6. The van der Waals surface area contributed by atoms with Gasteiger partial charge in [0.05, 0.1) is 25.4 Å². The van der Waals surface area contributed by atoms with Crippen LogP contribution < -0.4 is 5.32 Å². The van der Waals surface area contributed by atoms with Gasteiger partial charge in [-0.3, -0.25) is 9.59 Å². The molecule has 0 rings (SSSR count). The molecular weight excluding hydrogens is 755 g/mol. The van der Waals surface area contributed by atoms with E-state index in [-0.39, 0.29) is 18.5 Å². The van der Waals surface area contributed by atoms with Gasteiger partial charge in [0.25, 0.3) is 0 Å². The van der Waals surface area contributed by atoms with Crippen LogP contribution in [0.1, 0.15) is 290 Å². The van der Waals surface area contributed by atoms with E-state index < -0.39 is 12.1 Å². The molecule has 1 amide bonds. The van der Waals surface area contributed by atoms with E-state index in [4.69, 9.17) is 4.74 Å². The summed E-state index contributed by atoms with van der Waals surface area (Å²) in [7, 11) is 0. The van der Waals surface area contributed by atoms with Gasteiger partial charge in [-0.25, -0.2) is 0 Å². The molecule has 0 spiro atoms. The summed E-state index contributed by atoms with van der Waals surface area (Å²) >= 11 is 0. The Morgan fingerprint density at radius 1 is 0.443 bits per heavy atom. The van der Waals surface area contributed by atoms with Crippen molar-refractivity contribution in [2.75, 3.05) is 13.2 Å². The summed E-state index contributed by atoms with van der Waals surface area (Å²) in [5, 5.41) is 23.2. The molecule has 0 saturated heterocycles. The monoisotopic (exact) mass is 860 g/mol. The summed E-state index contributed by atoms with van der Waals surface area (Å²) in [6.07, 6.45) is 60.1. The molecule has 2 unspecified atom stereocenters. The highest BCUT2D eigenvalue weighted by Crippen LogP contribution is 2.16. The lowest BCUT2D eigenvalue weighted by Gasteiger charge is -2.22. The topological polar surface area (TPSA) is 95.9 Å². The zero-order valence-electron chi connectivity index (χ0n) is 40.9. The number of carbonyl (C=O) groups excluding carboxylic acids is 2. The molecule has 61 heavy (non-hydrogen) atoms. The van der Waals surface area contributed by atoms with E-state index in [2.05, 4.69) is 43.5 Å². The smallest absolute Gasteiger partial charge is 0.305 e. The maximum absolute atomic E-state index is 12.4. The van der Waals surface area contributed by atoms with Crippen LogP contribution in [0.25, 0.3) is 0 Å². The quantitative estimate of drug-likeness (QED) is 0.0322. The third-order valence-corrected chi connectivity index (χ3v) is 12.5. The number of hydrogen-bond donors (Lipinski definition) is 3. The summed E-state index contributed by atoms with van der Waals surface area (Å²) in [4.78, 5) is 24.5. The van der Waals surface area contributed by atoms with Gasteiger partial charge in [0.15, 0.2) is 0 Å². The van der Waals surface area contributed by atoms with Crippen LogP contribution in [-0.2, 0) is 14.3 Å². The summed E-state index contributed by atoms with van der Waals surface area (Å²) in [5.41, 5.74) is 0. The first-order chi connectivity index (χ1) is 30.0. The molecule has 0 radical (unpaired) electrons. The number of hydrogen-bond acceptors (Lipinski definition) is 5. The molecule has 0 aromatic carbocycles. The first-order valence-corrected chi connectivity index (χ1v) is 27.1. The zero-order chi connectivity index (χ0) is 44.4. The van der Waals surface area contributed by atoms with Crippen LogP contribution in [0.2, 0.25) is 0 Å². The standard InChI is InChI=1S/C55H105NO5/c1-3-5-7-9-11-13-15-17-21-25-29-33-37-41-45-49-55(60)61-50-46-42-38-34-30-26-23-20-18-19-22-24-28-32-36-40-44-48-54(59)56-52(51-57)53(58)47-43-39-35-31-27-16-14-12-10-8-6-4-2/h17-18,20-21,52-53,57-58H,3-16,19,22-51H2,1-2H3,(H,56,59)/b20-18-,21-17-. The largest absolute Gasteiger partial charge is 0.466 e. The molecule has 0 bridgehead atoms. The van der Waals surface area contributed by atoms with E-state index in [0.29, 0.717) is 25.9 Å². The van der Waals surface area contributed by atoms with E-state index in [9.17, 15) is 19.8 Å². The van der Waals surface area contributed by atoms with Crippen molar-refractivity contribution in [1.82, 2.24) is 5.32 Å². The normalized spacial score (nSPS) is 12.8. The number of esters is 1. The SMILES string of the molecule is CCCCCCCC/C=C\CCCCCCCC(=O)OCCCCCCCC/C=C\CCCCCCCCCC(=O)NC(CO)C(O)CCCCCCCCCCCCCC. The van der Waals surface area contributed by atoms with E-state index in [0.717, 1.165) is 57.8 Å². The summed E-state index contributed by atoms with van der Waals surface area (Å²) in [6, 6.07) is -0.549. The van der Waals surface area contributed by atoms with E-state index in [1.807, 2.05) is 0 Å². The molecular formula is C55H105NO5. The predicted molar refractivity (Wildman–Crippen MR) is 264 cm³/mol. The highest BCUT2D eigenvalue weighted by atomic mass is 16.5. The molecule has 0 saturated carbocycles. The van der Waals surface area contributed by atoms with Gasteiger partial charge in [0.1, 0.15) is 0 Å². The van der Waals surface area contributed by atoms with Gasteiger partial charge in [0, 0.05) is 12.8 Å². The van der Waals surface area contributed by atoms with Gasteiger partial charge in [-0.1, -0.05) is 224 Å². The maximum atomic E-state index is 12.4. The van der Waals surface area contributed by atoms with Gasteiger partial charge >= 0.3 is 5.97 Å². The average Bonchev–Trinajstić information content (AvgIpc) is 3.26. The maximum Gasteiger partial charge on any atom is 0.305 e. The molecule has 6 heteroatoms. The van der Waals surface area contributed by atoms with Gasteiger partial charge in [0.2, 0.25) is 5.91 Å². The number of unbranched alkanes of at least 4 members (excludes halogenated alkanes) is 35. The van der Waals surface area contributed by atoms with Crippen LogP contribution in [0.15, 0.2) is 24.3 Å². The predicted octanol–water partition coefficient (Wildman–Crippen LogP) is 16.3. The molecule has 2 atom stereocenters. The van der Waals surface area contributed by atoms with Crippen molar-refractivity contribution in [2.24, 2.45) is 0 Å². The van der Waals surface area contributed by atoms with Crippen molar-refractivity contribution in [3.8, 4) is 0 Å². The molecule has 0 fully saturated rings. The number of aliphatic hydroxyl groups is 2. The summed E-state index contributed by atoms with van der Waals surface area (Å²) < 4.78 is 5.46. The molecule has 0 aliphatic heterocycles. The van der Waals surface area contributed by atoms with E-state index in [1.54, 1.807) is 0 Å². The highest BCUT2D eigenvalue weighted by Gasteiger charge is 2.20. The second kappa shape index (κ2) is 51.0. The Kier molecular flexibility index (Phi) is 49.6. The molecule has 0 aliphatic carbocycles. The van der Waals surface area contributed by atoms with Crippen LogP contribution in [0.5, 0.6) is 0 Å². The fraction of sp³-hybridized carbons (Fsp3) is 0.891. The number of rotatable bonds is 50. The Balaban J connectivity index is 3.45. The van der Waals surface area contributed by atoms with Gasteiger partial charge < -0.3 is 20.3 Å². The number of aliphatic hydroxyl groups excluding tert-OH is 2. The molecule has 6 nitrogen and oxygen atoms in total. The zero-order valence-corrected chi connectivity index (χ0v) is 40.9. The number of nitrogens with one attached hydrogen (secondary N) is 1. The van der Waals surface area contributed by atoms with Gasteiger partial charge in [-0.05, 0) is 77.0 Å². The molecule has 0 aromatic rings. The van der Waals surface area contributed by atoms with Crippen molar-refractivity contribution in [2.45, 2.75) is 302 Å². The van der Waals surface area contributed by atoms with Crippen molar-refractivity contribution in [1.29, 1.82) is 0 Å². The van der Waals surface area contributed by atoms with E-state index in [1.165, 1.54) is 199 Å². The first kappa shape index (κ1) is 59.3. The number of ether oxygens (including phenoxy) is 1.